The van der Waals surface area contributed by atoms with Gasteiger partial charge in [-0.05, 0) is 66.5 Å². The van der Waals surface area contributed by atoms with Crippen LogP contribution < -0.4 is 9.80 Å². The Kier molecular flexibility index (Phi) is 11.7. The largest absolute Gasteiger partial charge is 0.274 e. The number of benzene rings is 2. The second-order valence-electron chi connectivity index (χ2n) is 11.7. The molecule has 1 fully saturated rings. The summed E-state index contributed by atoms with van der Waals surface area (Å²) in [6.07, 6.45) is 20.0. The number of amides is 4. The van der Waals surface area contributed by atoms with E-state index < -0.39 is 0 Å². The van der Waals surface area contributed by atoms with Crippen molar-refractivity contribution in [2.75, 3.05) is 9.80 Å². The van der Waals surface area contributed by atoms with Crippen LogP contribution in [0.15, 0.2) is 60.7 Å². The number of unbranched alkanes of at least 4 members (excludes halogenated alkanes) is 8. The molecule has 2 heterocycles. The first kappa shape index (κ1) is 32.1. The molecule has 1 saturated heterocycles. The Labute approximate surface area is 256 Å². The van der Waals surface area contributed by atoms with Gasteiger partial charge in [-0.3, -0.25) is 19.2 Å². The molecule has 1 unspecified atom stereocenters. The molecule has 0 N–H and O–H groups in total. The maximum Gasteiger partial charge on any atom is 0.258 e. The average Bonchev–Trinajstić information content (AvgIpc) is 3.49. The Morgan fingerprint density at radius 3 is 1.79 bits per heavy atom. The number of rotatable bonds is 16. The van der Waals surface area contributed by atoms with Gasteiger partial charge in [0.25, 0.3) is 11.8 Å². The van der Waals surface area contributed by atoms with Gasteiger partial charge >= 0.3 is 0 Å². The average molecular weight is 583 g/mol. The maximum absolute atomic E-state index is 13.3. The van der Waals surface area contributed by atoms with E-state index in [2.05, 4.69) is 19.1 Å². The summed E-state index contributed by atoms with van der Waals surface area (Å²) in [5.41, 5.74) is 5.36. The van der Waals surface area contributed by atoms with Crippen molar-refractivity contribution >= 4 is 35.0 Å². The van der Waals surface area contributed by atoms with E-state index in [1.807, 2.05) is 50.3 Å². The van der Waals surface area contributed by atoms with Crippen molar-refractivity contribution in [3.8, 4) is 0 Å². The number of hydrogen-bond donors (Lipinski definition) is 0. The van der Waals surface area contributed by atoms with Crippen LogP contribution in [0.25, 0.3) is 0 Å². The van der Waals surface area contributed by atoms with E-state index in [0.717, 1.165) is 35.1 Å². The van der Waals surface area contributed by atoms with E-state index in [-0.39, 0.29) is 36.0 Å². The fourth-order valence-electron chi connectivity index (χ4n) is 6.09. The SMILES string of the molecule is CCCCCCCCCC/C=C/C1CC(=O)N(c2ccc(Cc3ccc(N4C(=O)C=CC4=O)c(CC)c3)cc2CC)C1=O. The fourth-order valence-corrected chi connectivity index (χ4v) is 6.09. The smallest absolute Gasteiger partial charge is 0.258 e. The molecule has 4 amide bonds. The molecule has 6 heteroatoms. The summed E-state index contributed by atoms with van der Waals surface area (Å²) < 4.78 is 0. The minimum atomic E-state index is -0.388. The number of nitrogens with zero attached hydrogens (tertiary/aromatic N) is 2. The number of imide groups is 2. The standard InChI is InChI=1S/C37H46N2O4/c1-4-7-8-9-10-11-12-13-14-15-16-31-26-36(42)39(37(31)43)33-20-18-28(25-30(33)6-3)23-27-17-19-32(29(5-2)24-27)38-34(40)21-22-35(38)41/h15-22,24-25,31H,4-14,23,26H2,1-3H3/b16-15+. The highest BCUT2D eigenvalue weighted by Crippen LogP contribution is 2.32. The lowest BCUT2D eigenvalue weighted by atomic mass is 9.97. The van der Waals surface area contributed by atoms with Crippen LogP contribution in [0.2, 0.25) is 0 Å². The van der Waals surface area contributed by atoms with E-state index in [0.29, 0.717) is 30.6 Å². The number of aryl methyl sites for hydroxylation is 2. The van der Waals surface area contributed by atoms with Crippen LogP contribution in [0.1, 0.15) is 107 Å². The summed E-state index contributed by atoms with van der Waals surface area (Å²) in [5.74, 6) is -1.30. The lowest BCUT2D eigenvalue weighted by Gasteiger charge is -2.20. The van der Waals surface area contributed by atoms with E-state index in [1.165, 1.54) is 66.9 Å². The predicted octanol–water partition coefficient (Wildman–Crippen LogP) is 7.80. The minimum absolute atomic E-state index is 0.136. The molecular weight excluding hydrogens is 536 g/mol. The third-order valence-corrected chi connectivity index (χ3v) is 8.52. The van der Waals surface area contributed by atoms with Crippen molar-refractivity contribution in [2.45, 2.75) is 104 Å². The molecule has 228 valence electrons. The van der Waals surface area contributed by atoms with Crippen LogP contribution in [0.4, 0.5) is 11.4 Å². The zero-order valence-corrected chi connectivity index (χ0v) is 26.1. The molecule has 2 aliphatic rings. The third-order valence-electron chi connectivity index (χ3n) is 8.52. The van der Waals surface area contributed by atoms with Gasteiger partial charge in [-0.1, -0.05) is 102 Å². The Balaban J connectivity index is 1.37. The zero-order valence-electron chi connectivity index (χ0n) is 26.1. The summed E-state index contributed by atoms with van der Waals surface area (Å²) >= 11 is 0. The van der Waals surface area contributed by atoms with Gasteiger partial charge in [-0.25, -0.2) is 9.80 Å². The molecule has 2 aromatic carbocycles. The van der Waals surface area contributed by atoms with E-state index in [4.69, 9.17) is 0 Å². The third kappa shape index (κ3) is 7.98. The van der Waals surface area contributed by atoms with Gasteiger partial charge in [0.15, 0.2) is 0 Å². The van der Waals surface area contributed by atoms with Crippen molar-refractivity contribution in [2.24, 2.45) is 5.92 Å². The van der Waals surface area contributed by atoms with Gasteiger partial charge in [0.05, 0.1) is 17.3 Å². The molecule has 2 aromatic rings. The number of carbonyl (C=O) groups is 4. The van der Waals surface area contributed by atoms with E-state index >= 15 is 0 Å². The summed E-state index contributed by atoms with van der Waals surface area (Å²) in [6, 6.07) is 11.8. The van der Waals surface area contributed by atoms with Gasteiger partial charge in [-0.2, -0.15) is 0 Å². The van der Waals surface area contributed by atoms with Crippen molar-refractivity contribution in [3.63, 3.8) is 0 Å². The fraction of sp³-hybridized carbons (Fsp3) is 0.459. The van der Waals surface area contributed by atoms with Crippen molar-refractivity contribution in [3.05, 3.63) is 83.0 Å². The van der Waals surface area contributed by atoms with Gasteiger partial charge in [-0.15, -0.1) is 0 Å². The first-order chi connectivity index (χ1) is 20.9. The Bertz CT molecular complexity index is 1370. The highest BCUT2D eigenvalue weighted by molar-refractivity contribution is 6.28. The molecule has 0 aliphatic carbocycles. The first-order valence-electron chi connectivity index (χ1n) is 16.2. The zero-order chi connectivity index (χ0) is 30.8. The van der Waals surface area contributed by atoms with Gasteiger partial charge < -0.3 is 0 Å². The monoisotopic (exact) mass is 582 g/mol. The van der Waals surface area contributed by atoms with Crippen LogP contribution in [0.5, 0.6) is 0 Å². The summed E-state index contributed by atoms with van der Waals surface area (Å²) in [5, 5.41) is 0. The quantitative estimate of drug-likeness (QED) is 0.115. The van der Waals surface area contributed by atoms with Gasteiger partial charge in [0.1, 0.15) is 0 Å². The lowest BCUT2D eigenvalue weighted by molar-refractivity contribution is -0.122. The second kappa shape index (κ2) is 15.6. The van der Waals surface area contributed by atoms with Crippen LogP contribution in [-0.2, 0) is 38.4 Å². The molecular formula is C37H46N2O4. The van der Waals surface area contributed by atoms with Crippen molar-refractivity contribution < 1.29 is 19.2 Å². The summed E-state index contributed by atoms with van der Waals surface area (Å²) in [7, 11) is 0. The van der Waals surface area contributed by atoms with Crippen molar-refractivity contribution in [1.82, 2.24) is 0 Å². The predicted molar refractivity (Wildman–Crippen MR) is 173 cm³/mol. The molecule has 0 radical (unpaired) electrons. The molecule has 0 aromatic heterocycles. The van der Waals surface area contributed by atoms with Gasteiger partial charge in [0, 0.05) is 18.6 Å². The lowest BCUT2D eigenvalue weighted by Crippen LogP contribution is -2.31. The molecule has 0 bridgehead atoms. The van der Waals surface area contributed by atoms with Gasteiger partial charge in [0.2, 0.25) is 11.8 Å². The minimum Gasteiger partial charge on any atom is -0.274 e. The topological polar surface area (TPSA) is 74.8 Å². The van der Waals surface area contributed by atoms with Crippen molar-refractivity contribution in [1.29, 1.82) is 0 Å². The molecule has 0 spiro atoms. The number of allylic oxidation sites excluding steroid dienone is 1. The second-order valence-corrected chi connectivity index (χ2v) is 11.7. The number of hydrogen-bond acceptors (Lipinski definition) is 4. The number of carbonyl (C=O) groups excluding carboxylic acids is 4. The Morgan fingerprint density at radius 1 is 0.698 bits per heavy atom. The van der Waals surface area contributed by atoms with Crippen LogP contribution in [0, 0.1) is 5.92 Å². The normalized spacial score (nSPS) is 17.0. The Morgan fingerprint density at radius 2 is 1.23 bits per heavy atom. The molecule has 0 saturated carbocycles. The molecule has 6 nitrogen and oxygen atoms in total. The van der Waals surface area contributed by atoms with Crippen LogP contribution in [0.3, 0.4) is 0 Å². The first-order valence-corrected chi connectivity index (χ1v) is 16.2. The van der Waals surface area contributed by atoms with Crippen LogP contribution >= 0.6 is 0 Å². The van der Waals surface area contributed by atoms with Crippen LogP contribution in [-0.4, -0.2) is 23.6 Å². The van der Waals surface area contributed by atoms with E-state index in [1.54, 1.807) is 0 Å². The highest BCUT2D eigenvalue weighted by atomic mass is 16.2. The molecule has 2 aliphatic heterocycles. The Hall–Kier alpha value is -3.80. The maximum atomic E-state index is 13.3. The molecule has 4 rings (SSSR count). The molecule has 1 atom stereocenters. The highest BCUT2D eigenvalue weighted by Gasteiger charge is 2.38. The molecule has 43 heavy (non-hydrogen) atoms. The van der Waals surface area contributed by atoms with E-state index in [9.17, 15) is 19.2 Å². The number of anilines is 2. The summed E-state index contributed by atoms with van der Waals surface area (Å²) in [4.78, 5) is 53.3. The summed E-state index contributed by atoms with van der Waals surface area (Å²) in [6.45, 7) is 6.29.